The Hall–Kier alpha value is -2.19. The lowest BCUT2D eigenvalue weighted by Crippen LogP contribution is -1.88. The maximum absolute atomic E-state index is 10.8. The normalized spacial score (nSPS) is 10.7. The van der Waals surface area contributed by atoms with Gasteiger partial charge < -0.3 is 5.73 Å². The molecule has 3 N–H and O–H groups in total. The van der Waals surface area contributed by atoms with Crippen LogP contribution in [0.2, 0.25) is 0 Å². The van der Waals surface area contributed by atoms with Crippen molar-refractivity contribution in [3.63, 3.8) is 0 Å². The molecule has 0 spiro atoms. The van der Waals surface area contributed by atoms with Crippen LogP contribution < -0.4 is 5.73 Å². The van der Waals surface area contributed by atoms with Gasteiger partial charge in [-0.05, 0) is 23.8 Å². The van der Waals surface area contributed by atoms with Crippen molar-refractivity contribution < 1.29 is 4.92 Å². The van der Waals surface area contributed by atoms with E-state index in [1.54, 1.807) is 6.07 Å². The Morgan fingerprint density at radius 3 is 2.57 bits per heavy atom. The van der Waals surface area contributed by atoms with Gasteiger partial charge >= 0.3 is 5.00 Å². The van der Waals surface area contributed by atoms with Gasteiger partial charge in [0.2, 0.25) is 0 Å². The Morgan fingerprint density at radius 1 is 1.24 bits per heavy atom. The van der Waals surface area contributed by atoms with Crippen molar-refractivity contribution in [3.8, 4) is 21.7 Å². The fourth-order valence-electron chi connectivity index (χ4n) is 2.00. The van der Waals surface area contributed by atoms with Crippen LogP contribution in [0, 0.1) is 10.1 Å². The number of nitro groups is 1. The summed E-state index contributed by atoms with van der Waals surface area (Å²) in [6.45, 7) is 0. The van der Waals surface area contributed by atoms with Gasteiger partial charge in [-0.3, -0.25) is 15.2 Å². The standard InChI is InChI=1S/C13H9BrN4O2S/c14-8-3-1-7(2-4-8)11-12(16-17-13(11)15)9-5-6-10(21-9)18(19)20/h1-6H,(H3,15,16,17). The van der Waals surface area contributed by atoms with Gasteiger partial charge in [-0.1, -0.05) is 39.4 Å². The summed E-state index contributed by atoms with van der Waals surface area (Å²) in [6.07, 6.45) is 0. The Bertz CT molecular complexity index is 810. The smallest absolute Gasteiger partial charge is 0.324 e. The van der Waals surface area contributed by atoms with E-state index in [1.165, 1.54) is 6.07 Å². The monoisotopic (exact) mass is 364 g/mol. The van der Waals surface area contributed by atoms with Crippen LogP contribution in [0.25, 0.3) is 21.7 Å². The molecule has 3 aromatic rings. The molecule has 0 saturated carbocycles. The molecule has 3 rings (SSSR count). The minimum Gasteiger partial charge on any atom is -0.382 e. The average molecular weight is 365 g/mol. The summed E-state index contributed by atoms with van der Waals surface area (Å²) in [5.41, 5.74) is 8.27. The molecule has 0 saturated heterocycles. The van der Waals surface area contributed by atoms with Crippen LogP contribution in [0.5, 0.6) is 0 Å². The number of rotatable bonds is 3. The largest absolute Gasteiger partial charge is 0.382 e. The van der Waals surface area contributed by atoms with Crippen molar-refractivity contribution in [2.24, 2.45) is 0 Å². The third-order valence-corrected chi connectivity index (χ3v) is 4.53. The molecule has 0 bridgehead atoms. The molecule has 6 nitrogen and oxygen atoms in total. The molecule has 21 heavy (non-hydrogen) atoms. The summed E-state index contributed by atoms with van der Waals surface area (Å²) < 4.78 is 0.960. The SMILES string of the molecule is Nc1n[nH]c(-c2ccc([N+](=O)[O-])s2)c1-c1ccc(Br)cc1. The first kappa shape index (κ1) is 13.8. The third kappa shape index (κ3) is 2.55. The summed E-state index contributed by atoms with van der Waals surface area (Å²) in [5.74, 6) is 0.364. The first-order valence-corrected chi connectivity index (χ1v) is 7.51. The van der Waals surface area contributed by atoms with E-state index in [1.807, 2.05) is 24.3 Å². The summed E-state index contributed by atoms with van der Waals surface area (Å²) >= 11 is 4.47. The van der Waals surface area contributed by atoms with Crippen molar-refractivity contribution in [2.45, 2.75) is 0 Å². The van der Waals surface area contributed by atoms with Crippen LogP contribution >= 0.6 is 27.3 Å². The van der Waals surface area contributed by atoms with Crippen LogP contribution in [0.1, 0.15) is 0 Å². The number of thiophene rings is 1. The zero-order chi connectivity index (χ0) is 15.0. The molecule has 0 aliphatic rings. The molecule has 106 valence electrons. The second-order valence-electron chi connectivity index (χ2n) is 4.26. The number of benzene rings is 1. The molecule has 2 aromatic heterocycles. The number of nitrogens with zero attached hydrogens (tertiary/aromatic N) is 2. The van der Waals surface area contributed by atoms with Gasteiger partial charge in [-0.15, -0.1) is 0 Å². The lowest BCUT2D eigenvalue weighted by molar-refractivity contribution is -0.380. The van der Waals surface area contributed by atoms with E-state index in [4.69, 9.17) is 5.73 Å². The van der Waals surface area contributed by atoms with Crippen molar-refractivity contribution >= 4 is 38.1 Å². The Morgan fingerprint density at radius 2 is 1.95 bits per heavy atom. The Kier molecular flexibility index (Phi) is 3.48. The highest BCUT2D eigenvalue weighted by molar-refractivity contribution is 9.10. The zero-order valence-electron chi connectivity index (χ0n) is 10.5. The average Bonchev–Trinajstić information content (AvgIpc) is 3.06. The molecule has 0 unspecified atom stereocenters. The topological polar surface area (TPSA) is 97.8 Å². The molecule has 0 aliphatic heterocycles. The quantitative estimate of drug-likeness (QED) is 0.540. The number of H-pyrrole nitrogens is 1. The zero-order valence-corrected chi connectivity index (χ0v) is 12.9. The van der Waals surface area contributed by atoms with Gasteiger partial charge in [-0.2, -0.15) is 5.10 Å². The van der Waals surface area contributed by atoms with Crippen molar-refractivity contribution in [1.29, 1.82) is 0 Å². The number of aromatic amines is 1. The highest BCUT2D eigenvalue weighted by Gasteiger charge is 2.18. The molecule has 0 radical (unpaired) electrons. The second-order valence-corrected chi connectivity index (χ2v) is 6.24. The Balaban J connectivity index is 2.11. The van der Waals surface area contributed by atoms with E-state index in [0.717, 1.165) is 31.8 Å². The number of nitrogens with two attached hydrogens (primary N) is 1. The van der Waals surface area contributed by atoms with E-state index in [9.17, 15) is 10.1 Å². The summed E-state index contributed by atoms with van der Waals surface area (Å²) in [5, 5.41) is 17.8. The predicted octanol–water partition coefficient (Wildman–Crippen LogP) is 4.06. The van der Waals surface area contributed by atoms with Crippen LogP contribution in [0.15, 0.2) is 40.9 Å². The van der Waals surface area contributed by atoms with E-state index in [-0.39, 0.29) is 5.00 Å². The maximum Gasteiger partial charge on any atom is 0.324 e. The summed E-state index contributed by atoms with van der Waals surface area (Å²) in [7, 11) is 0. The molecular weight excluding hydrogens is 356 g/mol. The first-order valence-electron chi connectivity index (χ1n) is 5.90. The molecule has 1 aromatic carbocycles. The fraction of sp³-hybridized carbons (Fsp3) is 0. The molecule has 2 heterocycles. The lowest BCUT2D eigenvalue weighted by atomic mass is 10.0. The van der Waals surface area contributed by atoms with Gasteiger partial charge in [0.15, 0.2) is 5.82 Å². The third-order valence-electron chi connectivity index (χ3n) is 2.95. The van der Waals surface area contributed by atoms with Crippen molar-refractivity contribution in [3.05, 3.63) is 51.0 Å². The van der Waals surface area contributed by atoms with Gasteiger partial charge in [0.1, 0.15) is 0 Å². The number of halogens is 1. The van der Waals surface area contributed by atoms with Gasteiger partial charge in [0, 0.05) is 10.5 Å². The van der Waals surface area contributed by atoms with Crippen molar-refractivity contribution in [2.75, 3.05) is 5.73 Å². The van der Waals surface area contributed by atoms with Crippen LogP contribution in [-0.2, 0) is 0 Å². The van der Waals surface area contributed by atoms with Crippen LogP contribution in [-0.4, -0.2) is 15.1 Å². The van der Waals surface area contributed by atoms with Crippen molar-refractivity contribution in [1.82, 2.24) is 10.2 Å². The lowest BCUT2D eigenvalue weighted by Gasteiger charge is -2.03. The molecule has 0 aliphatic carbocycles. The number of nitrogens with one attached hydrogen (secondary N) is 1. The predicted molar refractivity (Wildman–Crippen MR) is 86.1 cm³/mol. The molecule has 0 fully saturated rings. The van der Waals surface area contributed by atoms with Gasteiger partial charge in [-0.25, -0.2) is 0 Å². The van der Waals surface area contributed by atoms with Gasteiger partial charge in [0.05, 0.1) is 21.1 Å². The summed E-state index contributed by atoms with van der Waals surface area (Å²) in [6, 6.07) is 10.8. The maximum atomic E-state index is 10.8. The number of hydrogen-bond donors (Lipinski definition) is 2. The summed E-state index contributed by atoms with van der Waals surface area (Å²) in [4.78, 5) is 11.1. The van der Waals surface area contributed by atoms with Crippen LogP contribution in [0.3, 0.4) is 0 Å². The van der Waals surface area contributed by atoms with E-state index >= 15 is 0 Å². The molecule has 8 heteroatoms. The number of nitrogen functional groups attached to an aromatic ring is 1. The number of anilines is 1. The first-order chi connectivity index (χ1) is 10.1. The van der Waals surface area contributed by atoms with Gasteiger partial charge in [0.25, 0.3) is 0 Å². The Labute approximate surface area is 131 Å². The van der Waals surface area contributed by atoms with E-state index in [0.29, 0.717) is 11.5 Å². The number of hydrogen-bond acceptors (Lipinski definition) is 5. The minimum absolute atomic E-state index is 0.0833. The van der Waals surface area contributed by atoms with Crippen LogP contribution in [0.4, 0.5) is 10.8 Å². The highest BCUT2D eigenvalue weighted by atomic mass is 79.9. The minimum atomic E-state index is -0.410. The van der Waals surface area contributed by atoms with E-state index < -0.39 is 4.92 Å². The fourth-order valence-corrected chi connectivity index (χ4v) is 3.09. The number of aromatic nitrogens is 2. The molecule has 0 atom stereocenters. The molecule has 0 amide bonds. The highest BCUT2D eigenvalue weighted by Crippen LogP contribution is 2.39. The van der Waals surface area contributed by atoms with E-state index in [2.05, 4.69) is 26.1 Å². The second kappa shape index (κ2) is 5.30. The molecular formula is C13H9BrN4O2S.